The number of allylic oxidation sites excluding steroid dienone is 1. The van der Waals surface area contributed by atoms with E-state index in [1.165, 1.54) is 0 Å². The molecular weight excluding hydrogens is 789 g/mol. The first kappa shape index (κ1) is 48.9. The third-order valence-corrected chi connectivity index (χ3v) is 15.9. The molecule has 21 atom stereocenters. The molecule has 2 spiro atoms. The number of aliphatic hydroxyl groups excluding tert-OH is 2. The number of hydrogen-bond donors (Lipinski definition) is 4. The number of aliphatic hydroxyl groups is 3. The maximum absolute atomic E-state index is 13.4. The highest BCUT2D eigenvalue weighted by Gasteiger charge is 2.65. The highest BCUT2D eigenvalue weighted by molar-refractivity contribution is 5.96. The number of aliphatic carboxylic acids is 1. The molecule has 6 aliphatic rings. The maximum atomic E-state index is 13.4. The standard InChI is InChI=1S/C47H78O14/c1-24(40(50)25(2)18-28(5)43(51)52)17-26(3)41-31(8)34(49)22-45(59-41)16-15-44(11,61-45)38-21-36(56-39-14-13-35(54-12)33(10)55-39)32(9)47(58-38)30(7)20-37(57-47)42-27(4)19-29(6)46(53,23-48)60-42/h17,25-39,41-42,48-49,53H,13-16,18-23H2,1-12H3,(H,51,52)/b24-17+. The minimum absolute atomic E-state index is 0.0130. The van der Waals surface area contributed by atoms with Crippen molar-refractivity contribution in [2.45, 2.75) is 212 Å². The second-order valence-corrected chi connectivity index (χ2v) is 20.6. The van der Waals surface area contributed by atoms with Gasteiger partial charge in [0, 0.05) is 68.3 Å². The molecule has 0 aliphatic carbocycles. The first-order valence-electron chi connectivity index (χ1n) is 23.2. The zero-order valence-corrected chi connectivity index (χ0v) is 38.8. The van der Waals surface area contributed by atoms with Gasteiger partial charge in [-0.25, -0.2) is 0 Å². The number of rotatable bonds is 13. The molecule has 4 N–H and O–H groups in total. The van der Waals surface area contributed by atoms with Crippen molar-refractivity contribution in [1.82, 2.24) is 0 Å². The second kappa shape index (κ2) is 18.7. The molecule has 21 unspecified atom stereocenters. The predicted octanol–water partition coefficient (Wildman–Crippen LogP) is 6.15. The van der Waals surface area contributed by atoms with Gasteiger partial charge >= 0.3 is 5.97 Å². The summed E-state index contributed by atoms with van der Waals surface area (Å²) in [4.78, 5) is 24.8. The minimum atomic E-state index is -1.66. The number of ketones is 1. The van der Waals surface area contributed by atoms with Crippen LogP contribution in [0.2, 0.25) is 0 Å². The Morgan fingerprint density at radius 3 is 2.25 bits per heavy atom. The van der Waals surface area contributed by atoms with Crippen molar-refractivity contribution in [2.75, 3.05) is 13.7 Å². The topological polar surface area (TPSA) is 189 Å². The zero-order chi connectivity index (χ0) is 45.0. The highest BCUT2D eigenvalue weighted by Crippen LogP contribution is 2.56. The summed E-state index contributed by atoms with van der Waals surface area (Å²) in [6.07, 6.45) is 3.25. The minimum Gasteiger partial charge on any atom is -0.481 e. The summed E-state index contributed by atoms with van der Waals surface area (Å²) in [5.74, 6) is -7.01. The summed E-state index contributed by atoms with van der Waals surface area (Å²) in [5.41, 5.74) is -0.326. The lowest BCUT2D eigenvalue weighted by Crippen LogP contribution is -2.63. The SMILES string of the molecule is COC1CCC(OC2CC(C3(C)CCC4(CC(O)C(C)C(C(C)/C=C(\C)C(=O)C(C)CC(C)C(=O)O)O4)O3)OC3(OC(C4OC(O)(CO)C(C)CC4C)CC3C)C2C)OC1C. The monoisotopic (exact) mass is 867 g/mol. The van der Waals surface area contributed by atoms with Crippen LogP contribution in [0.5, 0.6) is 0 Å². The Hall–Kier alpha value is -1.56. The van der Waals surface area contributed by atoms with Crippen LogP contribution in [0.25, 0.3) is 0 Å². The molecule has 0 aromatic carbocycles. The Balaban J connectivity index is 1.24. The third-order valence-electron chi connectivity index (χ3n) is 15.9. The largest absolute Gasteiger partial charge is 0.481 e. The molecule has 0 bridgehead atoms. The second-order valence-electron chi connectivity index (χ2n) is 20.6. The Kier molecular flexibility index (Phi) is 15.0. The van der Waals surface area contributed by atoms with Crippen molar-refractivity contribution >= 4 is 11.8 Å². The number of carboxylic acid groups (broad SMARTS) is 1. The van der Waals surface area contributed by atoms with Gasteiger partial charge < -0.3 is 58.3 Å². The molecule has 6 saturated heterocycles. The van der Waals surface area contributed by atoms with Gasteiger partial charge in [0.05, 0.1) is 67.0 Å². The fourth-order valence-corrected chi connectivity index (χ4v) is 11.8. The number of Topliss-reactive ketones (excluding diaryl/α,β-unsaturated/α-hetero) is 1. The summed E-state index contributed by atoms with van der Waals surface area (Å²) in [6, 6.07) is 0. The van der Waals surface area contributed by atoms with Crippen LogP contribution >= 0.6 is 0 Å². The van der Waals surface area contributed by atoms with E-state index in [1.54, 1.807) is 27.9 Å². The molecule has 350 valence electrons. The quantitative estimate of drug-likeness (QED) is 0.154. The Labute approximate surface area is 363 Å². The Bertz CT molecular complexity index is 1570. The lowest BCUT2D eigenvalue weighted by atomic mass is 9.76. The van der Waals surface area contributed by atoms with Gasteiger partial charge in [0.1, 0.15) is 0 Å². The molecule has 14 nitrogen and oxygen atoms in total. The number of carbonyl (C=O) groups is 2. The fourth-order valence-electron chi connectivity index (χ4n) is 11.8. The van der Waals surface area contributed by atoms with Crippen LogP contribution in [0.1, 0.15) is 134 Å². The van der Waals surface area contributed by atoms with E-state index in [2.05, 4.69) is 27.7 Å². The fraction of sp³-hybridized carbons (Fsp3) is 0.915. The number of methoxy groups -OCH3 is 1. The van der Waals surface area contributed by atoms with Gasteiger partial charge in [-0.3, -0.25) is 9.59 Å². The molecular formula is C47H78O14. The van der Waals surface area contributed by atoms with E-state index < -0.39 is 84.2 Å². The summed E-state index contributed by atoms with van der Waals surface area (Å²) < 4.78 is 53.9. The Morgan fingerprint density at radius 1 is 0.902 bits per heavy atom. The van der Waals surface area contributed by atoms with Crippen molar-refractivity contribution in [3.05, 3.63) is 11.6 Å². The summed E-state index contributed by atoms with van der Waals surface area (Å²) in [5, 5.41) is 42.5. The highest BCUT2D eigenvalue weighted by atomic mass is 16.8. The first-order valence-corrected chi connectivity index (χ1v) is 23.2. The molecule has 6 heterocycles. The van der Waals surface area contributed by atoms with Crippen molar-refractivity contribution in [2.24, 2.45) is 47.3 Å². The van der Waals surface area contributed by atoms with E-state index in [0.29, 0.717) is 44.1 Å². The molecule has 0 aromatic rings. The van der Waals surface area contributed by atoms with Crippen molar-refractivity contribution in [3.8, 4) is 0 Å². The van der Waals surface area contributed by atoms with Gasteiger partial charge in [-0.05, 0) is 64.4 Å². The molecule has 0 radical (unpaired) electrons. The van der Waals surface area contributed by atoms with Crippen LogP contribution in [-0.2, 0) is 47.5 Å². The lowest BCUT2D eigenvalue weighted by molar-refractivity contribution is -0.390. The molecule has 6 aliphatic heterocycles. The molecule has 0 saturated carbocycles. The molecule has 6 rings (SSSR count). The van der Waals surface area contributed by atoms with Crippen molar-refractivity contribution in [3.63, 3.8) is 0 Å². The van der Waals surface area contributed by atoms with E-state index in [0.717, 1.165) is 6.42 Å². The number of carboxylic acids is 1. The maximum Gasteiger partial charge on any atom is 0.306 e. The normalized spacial score (nSPS) is 48.6. The van der Waals surface area contributed by atoms with Gasteiger partial charge in [0.25, 0.3) is 0 Å². The molecule has 0 aromatic heterocycles. The third kappa shape index (κ3) is 9.71. The van der Waals surface area contributed by atoms with Crippen LogP contribution < -0.4 is 0 Å². The van der Waals surface area contributed by atoms with Gasteiger partial charge in [0.15, 0.2) is 29.4 Å². The van der Waals surface area contributed by atoms with Gasteiger partial charge in [-0.1, -0.05) is 61.5 Å². The Morgan fingerprint density at radius 2 is 1.61 bits per heavy atom. The smallest absolute Gasteiger partial charge is 0.306 e. The zero-order valence-electron chi connectivity index (χ0n) is 38.8. The van der Waals surface area contributed by atoms with Crippen LogP contribution in [0, 0.1) is 47.3 Å². The summed E-state index contributed by atoms with van der Waals surface area (Å²) >= 11 is 0. The van der Waals surface area contributed by atoms with Crippen LogP contribution in [0.4, 0.5) is 0 Å². The van der Waals surface area contributed by atoms with E-state index in [1.807, 2.05) is 33.8 Å². The van der Waals surface area contributed by atoms with E-state index in [4.69, 9.17) is 37.9 Å². The van der Waals surface area contributed by atoms with Gasteiger partial charge in [-0.2, -0.15) is 0 Å². The van der Waals surface area contributed by atoms with Gasteiger partial charge in [-0.15, -0.1) is 0 Å². The average Bonchev–Trinajstić information content (AvgIpc) is 3.71. The summed E-state index contributed by atoms with van der Waals surface area (Å²) in [7, 11) is 1.70. The van der Waals surface area contributed by atoms with E-state index in [9.17, 15) is 30.0 Å². The number of ether oxygens (including phenoxy) is 8. The molecule has 0 amide bonds. The van der Waals surface area contributed by atoms with E-state index >= 15 is 0 Å². The van der Waals surface area contributed by atoms with Crippen molar-refractivity contribution in [1.29, 1.82) is 0 Å². The van der Waals surface area contributed by atoms with Crippen LogP contribution in [0.15, 0.2) is 11.6 Å². The van der Waals surface area contributed by atoms with Crippen LogP contribution in [-0.4, -0.2) is 124 Å². The van der Waals surface area contributed by atoms with E-state index in [-0.39, 0.29) is 72.4 Å². The summed E-state index contributed by atoms with van der Waals surface area (Å²) in [6.45, 7) is 20.9. The molecule has 6 fully saturated rings. The van der Waals surface area contributed by atoms with Crippen molar-refractivity contribution < 1.29 is 67.9 Å². The molecule has 14 heteroatoms. The first-order chi connectivity index (χ1) is 28.5. The van der Waals surface area contributed by atoms with Crippen LogP contribution in [0.3, 0.4) is 0 Å². The average molecular weight is 867 g/mol. The number of carbonyl (C=O) groups excluding carboxylic acids is 1. The predicted molar refractivity (Wildman–Crippen MR) is 224 cm³/mol. The molecule has 61 heavy (non-hydrogen) atoms. The van der Waals surface area contributed by atoms with Gasteiger partial charge in [0.2, 0.25) is 0 Å². The lowest BCUT2D eigenvalue weighted by Gasteiger charge is -2.54. The number of hydrogen-bond acceptors (Lipinski definition) is 13.